The molecular weight excluding hydrogens is 305 g/mol. The number of likely N-dealkylation sites (tertiary alicyclic amines) is 1. The summed E-state index contributed by atoms with van der Waals surface area (Å²) in [6.45, 7) is 10.3. The minimum atomic E-state index is -0.145. The summed E-state index contributed by atoms with van der Waals surface area (Å²) in [7, 11) is 0. The molecule has 1 aromatic carbocycles. The standard InChI is InChI=1S/C19H30FN3O/c1-3-22(4-2)14-11-21-19(24)16-9-12-23(13-10-16)15-17-7-5-6-8-18(17)20/h5-8,16H,3-4,9-15H2,1-2H3,(H,21,24). The largest absolute Gasteiger partial charge is 0.355 e. The Hall–Kier alpha value is -1.46. The van der Waals surface area contributed by atoms with E-state index in [0.717, 1.165) is 57.7 Å². The van der Waals surface area contributed by atoms with Gasteiger partial charge in [-0.15, -0.1) is 0 Å². The van der Waals surface area contributed by atoms with E-state index < -0.39 is 0 Å². The Kier molecular flexibility index (Phi) is 7.66. The van der Waals surface area contributed by atoms with E-state index in [1.54, 1.807) is 6.07 Å². The molecule has 0 bridgehead atoms. The SMILES string of the molecule is CCN(CC)CCNC(=O)C1CCN(Cc2ccccc2F)CC1. The Morgan fingerprint density at radius 3 is 2.54 bits per heavy atom. The highest BCUT2D eigenvalue weighted by Crippen LogP contribution is 2.20. The van der Waals surface area contributed by atoms with Crippen molar-refractivity contribution in [1.29, 1.82) is 0 Å². The van der Waals surface area contributed by atoms with Crippen LogP contribution in [0.25, 0.3) is 0 Å². The lowest BCUT2D eigenvalue weighted by atomic mass is 9.95. The highest BCUT2D eigenvalue weighted by Gasteiger charge is 2.25. The summed E-state index contributed by atoms with van der Waals surface area (Å²) in [4.78, 5) is 16.8. The molecule has 0 atom stereocenters. The van der Waals surface area contributed by atoms with Crippen LogP contribution in [0.4, 0.5) is 4.39 Å². The smallest absolute Gasteiger partial charge is 0.223 e. The van der Waals surface area contributed by atoms with Crippen molar-refractivity contribution >= 4 is 5.91 Å². The third kappa shape index (κ3) is 5.56. The van der Waals surface area contributed by atoms with E-state index in [1.165, 1.54) is 6.07 Å². The number of benzene rings is 1. The molecule has 2 rings (SSSR count). The monoisotopic (exact) mass is 335 g/mol. The van der Waals surface area contributed by atoms with Gasteiger partial charge in [0.25, 0.3) is 0 Å². The summed E-state index contributed by atoms with van der Waals surface area (Å²) < 4.78 is 13.7. The van der Waals surface area contributed by atoms with Gasteiger partial charge >= 0.3 is 0 Å². The number of carbonyl (C=O) groups excluding carboxylic acids is 1. The molecule has 1 aliphatic rings. The number of rotatable bonds is 8. The normalized spacial score (nSPS) is 16.5. The van der Waals surface area contributed by atoms with Crippen molar-refractivity contribution in [3.8, 4) is 0 Å². The third-order valence-corrected chi connectivity index (χ3v) is 4.93. The van der Waals surface area contributed by atoms with Crippen molar-refractivity contribution in [2.24, 2.45) is 5.92 Å². The minimum Gasteiger partial charge on any atom is -0.355 e. The van der Waals surface area contributed by atoms with Gasteiger partial charge in [-0.1, -0.05) is 32.0 Å². The quantitative estimate of drug-likeness (QED) is 0.793. The van der Waals surface area contributed by atoms with Gasteiger partial charge in [-0.2, -0.15) is 0 Å². The lowest BCUT2D eigenvalue weighted by molar-refractivity contribution is -0.126. The first-order chi connectivity index (χ1) is 11.6. The zero-order chi connectivity index (χ0) is 17.4. The van der Waals surface area contributed by atoms with E-state index in [4.69, 9.17) is 0 Å². The lowest BCUT2D eigenvalue weighted by Crippen LogP contribution is -2.42. The van der Waals surface area contributed by atoms with Crippen molar-refractivity contribution in [2.45, 2.75) is 33.2 Å². The highest BCUT2D eigenvalue weighted by atomic mass is 19.1. The van der Waals surface area contributed by atoms with Crippen LogP contribution in [-0.4, -0.2) is 55.0 Å². The summed E-state index contributed by atoms with van der Waals surface area (Å²) in [5.41, 5.74) is 0.736. The molecule has 0 unspecified atom stereocenters. The fraction of sp³-hybridized carbons (Fsp3) is 0.632. The maximum Gasteiger partial charge on any atom is 0.223 e. The average Bonchev–Trinajstić information content (AvgIpc) is 2.61. The first-order valence-electron chi connectivity index (χ1n) is 9.09. The van der Waals surface area contributed by atoms with Crippen molar-refractivity contribution in [1.82, 2.24) is 15.1 Å². The number of carbonyl (C=O) groups is 1. The van der Waals surface area contributed by atoms with Gasteiger partial charge in [0.05, 0.1) is 0 Å². The predicted molar refractivity (Wildman–Crippen MR) is 95.2 cm³/mol. The molecule has 1 N–H and O–H groups in total. The second-order valence-corrected chi connectivity index (χ2v) is 6.46. The molecule has 134 valence electrons. The highest BCUT2D eigenvalue weighted by molar-refractivity contribution is 5.78. The van der Waals surface area contributed by atoms with Crippen LogP contribution in [0.3, 0.4) is 0 Å². The number of halogens is 1. The van der Waals surface area contributed by atoms with Gasteiger partial charge in [-0.25, -0.2) is 4.39 Å². The van der Waals surface area contributed by atoms with Crippen LogP contribution >= 0.6 is 0 Å². The maximum absolute atomic E-state index is 13.7. The molecule has 1 amide bonds. The van der Waals surface area contributed by atoms with Crippen molar-refractivity contribution in [3.63, 3.8) is 0 Å². The summed E-state index contributed by atoms with van der Waals surface area (Å²) in [6.07, 6.45) is 1.71. The van der Waals surface area contributed by atoms with E-state index in [-0.39, 0.29) is 17.6 Å². The van der Waals surface area contributed by atoms with Gasteiger partial charge in [-0.3, -0.25) is 9.69 Å². The molecule has 24 heavy (non-hydrogen) atoms. The topological polar surface area (TPSA) is 35.6 Å². The molecule has 4 nitrogen and oxygen atoms in total. The van der Waals surface area contributed by atoms with Crippen LogP contribution in [0.2, 0.25) is 0 Å². The molecule has 1 heterocycles. The van der Waals surface area contributed by atoms with Crippen molar-refractivity contribution in [3.05, 3.63) is 35.6 Å². The van der Waals surface area contributed by atoms with Crippen LogP contribution < -0.4 is 5.32 Å². The molecule has 0 aliphatic carbocycles. The van der Waals surface area contributed by atoms with Crippen LogP contribution in [0.1, 0.15) is 32.3 Å². The first-order valence-corrected chi connectivity index (χ1v) is 9.09. The van der Waals surface area contributed by atoms with Crippen LogP contribution in [0, 0.1) is 11.7 Å². The number of likely N-dealkylation sites (N-methyl/N-ethyl adjacent to an activating group) is 1. The van der Waals surface area contributed by atoms with Gasteiger partial charge in [0.1, 0.15) is 5.82 Å². The lowest BCUT2D eigenvalue weighted by Gasteiger charge is -2.31. The molecule has 0 saturated carbocycles. The Morgan fingerprint density at radius 1 is 1.25 bits per heavy atom. The van der Waals surface area contributed by atoms with E-state index in [0.29, 0.717) is 6.54 Å². The van der Waals surface area contributed by atoms with Gasteiger partial charge in [0.15, 0.2) is 0 Å². The molecular formula is C19H30FN3O. The minimum absolute atomic E-state index is 0.0959. The zero-order valence-corrected chi connectivity index (χ0v) is 14.9. The number of nitrogens with zero attached hydrogens (tertiary/aromatic N) is 2. The second kappa shape index (κ2) is 9.74. The number of amides is 1. The van der Waals surface area contributed by atoms with Gasteiger partial charge in [0.2, 0.25) is 5.91 Å². The van der Waals surface area contributed by atoms with E-state index >= 15 is 0 Å². The molecule has 0 aromatic heterocycles. The zero-order valence-electron chi connectivity index (χ0n) is 14.9. The fourth-order valence-electron chi connectivity index (χ4n) is 3.24. The molecule has 1 aliphatic heterocycles. The van der Waals surface area contributed by atoms with Gasteiger partial charge < -0.3 is 10.2 Å². The molecule has 0 radical (unpaired) electrons. The van der Waals surface area contributed by atoms with Crippen LogP contribution in [0.15, 0.2) is 24.3 Å². The summed E-state index contributed by atoms with van der Waals surface area (Å²) in [5.74, 6) is 0.125. The second-order valence-electron chi connectivity index (χ2n) is 6.46. The summed E-state index contributed by atoms with van der Waals surface area (Å²) >= 11 is 0. The number of hydrogen-bond acceptors (Lipinski definition) is 3. The van der Waals surface area contributed by atoms with Crippen molar-refractivity contribution in [2.75, 3.05) is 39.3 Å². The Labute approximate surface area is 145 Å². The number of hydrogen-bond donors (Lipinski definition) is 1. The Morgan fingerprint density at radius 2 is 1.92 bits per heavy atom. The predicted octanol–water partition coefficient (Wildman–Crippen LogP) is 2.50. The Balaban J connectivity index is 1.70. The van der Waals surface area contributed by atoms with Crippen LogP contribution in [0.5, 0.6) is 0 Å². The van der Waals surface area contributed by atoms with E-state index in [9.17, 15) is 9.18 Å². The fourth-order valence-corrected chi connectivity index (χ4v) is 3.24. The Bertz CT molecular complexity index is 511. The molecule has 1 aromatic rings. The summed E-state index contributed by atoms with van der Waals surface area (Å²) in [6, 6.07) is 6.93. The third-order valence-electron chi connectivity index (χ3n) is 4.93. The molecule has 1 saturated heterocycles. The average molecular weight is 335 g/mol. The summed E-state index contributed by atoms with van der Waals surface area (Å²) in [5, 5.41) is 3.07. The van der Waals surface area contributed by atoms with Crippen LogP contribution in [-0.2, 0) is 11.3 Å². The van der Waals surface area contributed by atoms with Gasteiger partial charge in [-0.05, 0) is 45.1 Å². The first kappa shape index (κ1) is 18.9. The maximum atomic E-state index is 13.7. The molecule has 1 fully saturated rings. The number of piperidine rings is 1. The van der Waals surface area contributed by atoms with E-state index in [1.807, 2.05) is 12.1 Å². The van der Waals surface area contributed by atoms with Gasteiger partial charge in [0, 0.05) is 31.1 Å². The number of nitrogens with one attached hydrogen (secondary N) is 1. The van der Waals surface area contributed by atoms with E-state index in [2.05, 4.69) is 29.0 Å². The van der Waals surface area contributed by atoms with Crippen molar-refractivity contribution < 1.29 is 9.18 Å². The molecule has 0 spiro atoms. The molecule has 5 heteroatoms.